The van der Waals surface area contributed by atoms with Gasteiger partial charge in [-0.2, -0.15) is 0 Å². The average molecular weight is 266 g/mol. The predicted octanol–water partition coefficient (Wildman–Crippen LogP) is 1.66. The van der Waals surface area contributed by atoms with Crippen molar-refractivity contribution >= 4 is 5.91 Å². The van der Waals surface area contributed by atoms with Gasteiger partial charge in [0.2, 0.25) is 0 Å². The summed E-state index contributed by atoms with van der Waals surface area (Å²) in [5.74, 6) is -0.206. The Balaban J connectivity index is 2.26. The van der Waals surface area contributed by atoms with Crippen LogP contribution in [0.5, 0.6) is 5.75 Å². The van der Waals surface area contributed by atoms with Crippen LogP contribution in [0.25, 0.3) is 0 Å². The van der Waals surface area contributed by atoms with E-state index in [4.69, 9.17) is 4.74 Å². The van der Waals surface area contributed by atoms with Crippen LogP contribution in [-0.4, -0.2) is 43.1 Å². The van der Waals surface area contributed by atoms with Crippen molar-refractivity contribution in [2.75, 3.05) is 20.2 Å². The van der Waals surface area contributed by atoms with Crippen molar-refractivity contribution in [1.82, 2.24) is 10.2 Å². The number of halogens is 1. The molecule has 0 radical (unpaired) electrons. The fraction of sp³-hybridized carbons (Fsp3) is 0.500. The molecule has 1 fully saturated rings. The van der Waals surface area contributed by atoms with Crippen molar-refractivity contribution < 1.29 is 13.9 Å². The molecule has 2 atom stereocenters. The third-order valence-electron chi connectivity index (χ3n) is 3.24. The van der Waals surface area contributed by atoms with E-state index in [0.717, 1.165) is 0 Å². The molecule has 4 nitrogen and oxygen atoms in total. The zero-order valence-electron chi connectivity index (χ0n) is 11.4. The highest BCUT2D eigenvalue weighted by molar-refractivity contribution is 5.97. The monoisotopic (exact) mass is 266 g/mol. The Labute approximate surface area is 112 Å². The second kappa shape index (κ2) is 5.57. The Bertz CT molecular complexity index is 469. The first kappa shape index (κ1) is 13.8. The highest BCUT2D eigenvalue weighted by atomic mass is 19.1. The number of hydrogen-bond acceptors (Lipinski definition) is 3. The van der Waals surface area contributed by atoms with Gasteiger partial charge in [-0.1, -0.05) is 0 Å². The number of benzene rings is 1. The zero-order chi connectivity index (χ0) is 14.0. The summed E-state index contributed by atoms with van der Waals surface area (Å²) in [7, 11) is 1.48. The summed E-state index contributed by atoms with van der Waals surface area (Å²) in [6, 6.07) is 4.47. The molecule has 0 spiro atoms. The number of nitrogens with one attached hydrogen (secondary N) is 1. The first-order chi connectivity index (χ1) is 9.01. The quantitative estimate of drug-likeness (QED) is 0.885. The van der Waals surface area contributed by atoms with Crippen LogP contribution in [0.15, 0.2) is 18.2 Å². The van der Waals surface area contributed by atoms with E-state index < -0.39 is 5.82 Å². The number of amides is 1. The topological polar surface area (TPSA) is 41.6 Å². The summed E-state index contributed by atoms with van der Waals surface area (Å²) in [6.45, 7) is 5.28. The van der Waals surface area contributed by atoms with Crippen molar-refractivity contribution in [3.8, 4) is 5.75 Å². The van der Waals surface area contributed by atoms with E-state index in [0.29, 0.717) is 18.8 Å². The molecule has 0 unspecified atom stereocenters. The van der Waals surface area contributed by atoms with Crippen molar-refractivity contribution in [1.29, 1.82) is 0 Å². The molecule has 0 bridgehead atoms. The number of hydrogen-bond donors (Lipinski definition) is 1. The lowest BCUT2D eigenvalue weighted by Crippen LogP contribution is -2.55. The maximum absolute atomic E-state index is 13.3. The predicted molar refractivity (Wildman–Crippen MR) is 70.9 cm³/mol. The van der Waals surface area contributed by atoms with E-state index in [1.165, 1.54) is 25.3 Å². The molecule has 1 heterocycles. The fourth-order valence-electron chi connectivity index (χ4n) is 2.51. The highest BCUT2D eigenvalue weighted by Gasteiger charge is 2.27. The second-order valence-corrected chi connectivity index (χ2v) is 5.02. The minimum atomic E-state index is -0.430. The van der Waals surface area contributed by atoms with Gasteiger partial charge in [-0.25, -0.2) is 4.39 Å². The Morgan fingerprint density at radius 1 is 1.37 bits per heavy atom. The van der Waals surface area contributed by atoms with Gasteiger partial charge in [0.1, 0.15) is 11.6 Å². The molecule has 1 aliphatic heterocycles. The van der Waals surface area contributed by atoms with Gasteiger partial charge in [0.15, 0.2) is 0 Å². The number of carbonyl (C=O) groups excluding carboxylic acids is 1. The summed E-state index contributed by atoms with van der Waals surface area (Å²) in [5.41, 5.74) is 0.281. The largest absolute Gasteiger partial charge is 0.496 e. The first-order valence-electron chi connectivity index (χ1n) is 6.40. The van der Waals surface area contributed by atoms with Gasteiger partial charge in [-0.15, -0.1) is 0 Å². The number of rotatable bonds is 2. The first-order valence-corrected chi connectivity index (χ1v) is 6.40. The molecular weight excluding hydrogens is 247 g/mol. The van der Waals surface area contributed by atoms with Gasteiger partial charge < -0.3 is 15.0 Å². The standard InChI is InChI=1S/C14H19FN2O2/c1-9-7-17(8-10(2)16-9)14(18)12-6-11(15)4-5-13(12)19-3/h4-6,9-10,16H,7-8H2,1-3H3/t9-,10-/m0/s1. The Kier molecular flexibility index (Phi) is 4.04. The fourth-order valence-corrected chi connectivity index (χ4v) is 2.51. The molecule has 1 saturated heterocycles. The molecule has 1 aromatic rings. The van der Waals surface area contributed by atoms with Crippen LogP contribution in [0, 0.1) is 5.82 Å². The number of carbonyl (C=O) groups is 1. The van der Waals surface area contributed by atoms with Crippen LogP contribution in [0.2, 0.25) is 0 Å². The summed E-state index contributed by atoms with van der Waals surface area (Å²) < 4.78 is 18.5. The molecule has 19 heavy (non-hydrogen) atoms. The van der Waals surface area contributed by atoms with Crippen LogP contribution in [0.1, 0.15) is 24.2 Å². The summed E-state index contributed by atoms with van der Waals surface area (Å²) in [4.78, 5) is 14.2. The lowest BCUT2D eigenvalue weighted by Gasteiger charge is -2.36. The third kappa shape index (κ3) is 3.04. The van der Waals surface area contributed by atoms with Gasteiger partial charge in [0.05, 0.1) is 12.7 Å². The Morgan fingerprint density at radius 2 is 2.00 bits per heavy atom. The molecule has 0 aromatic heterocycles. The SMILES string of the molecule is COc1ccc(F)cc1C(=O)N1C[C@H](C)N[C@@H](C)C1. The van der Waals surface area contributed by atoms with Crippen LogP contribution in [0.3, 0.4) is 0 Å². The van der Waals surface area contributed by atoms with Gasteiger partial charge >= 0.3 is 0 Å². The highest BCUT2D eigenvalue weighted by Crippen LogP contribution is 2.22. The summed E-state index contributed by atoms with van der Waals surface area (Å²) in [6.07, 6.45) is 0. The lowest BCUT2D eigenvalue weighted by atomic mass is 10.1. The number of nitrogens with zero attached hydrogens (tertiary/aromatic N) is 1. The molecule has 1 aromatic carbocycles. The van der Waals surface area contributed by atoms with E-state index in [1.54, 1.807) is 4.90 Å². The Morgan fingerprint density at radius 3 is 2.58 bits per heavy atom. The van der Waals surface area contributed by atoms with E-state index in [9.17, 15) is 9.18 Å². The third-order valence-corrected chi connectivity index (χ3v) is 3.24. The molecule has 2 rings (SSSR count). The van der Waals surface area contributed by atoms with E-state index in [-0.39, 0.29) is 23.6 Å². The maximum Gasteiger partial charge on any atom is 0.257 e. The van der Waals surface area contributed by atoms with Gasteiger partial charge in [-0.3, -0.25) is 4.79 Å². The number of piperazine rings is 1. The average Bonchev–Trinajstić information content (AvgIpc) is 2.36. The molecule has 0 saturated carbocycles. The minimum absolute atomic E-state index is 0.184. The molecule has 1 N–H and O–H groups in total. The van der Waals surface area contributed by atoms with Crippen LogP contribution in [0.4, 0.5) is 4.39 Å². The van der Waals surface area contributed by atoms with Crippen molar-refractivity contribution in [2.45, 2.75) is 25.9 Å². The molecular formula is C14H19FN2O2. The van der Waals surface area contributed by atoms with Crippen LogP contribution < -0.4 is 10.1 Å². The smallest absolute Gasteiger partial charge is 0.257 e. The van der Waals surface area contributed by atoms with E-state index >= 15 is 0 Å². The zero-order valence-corrected chi connectivity index (χ0v) is 11.4. The summed E-state index contributed by atoms with van der Waals surface area (Å²) in [5, 5.41) is 3.36. The molecule has 1 aliphatic rings. The second-order valence-electron chi connectivity index (χ2n) is 5.02. The van der Waals surface area contributed by atoms with Crippen molar-refractivity contribution in [3.63, 3.8) is 0 Å². The van der Waals surface area contributed by atoms with Gasteiger partial charge in [0.25, 0.3) is 5.91 Å². The number of ether oxygens (including phenoxy) is 1. The summed E-state index contributed by atoms with van der Waals surface area (Å²) >= 11 is 0. The number of methoxy groups -OCH3 is 1. The molecule has 0 aliphatic carbocycles. The molecule has 1 amide bonds. The van der Waals surface area contributed by atoms with E-state index in [2.05, 4.69) is 5.32 Å². The van der Waals surface area contributed by atoms with Crippen molar-refractivity contribution in [3.05, 3.63) is 29.6 Å². The Hall–Kier alpha value is -1.62. The van der Waals surface area contributed by atoms with Gasteiger partial charge in [0, 0.05) is 25.2 Å². The lowest BCUT2D eigenvalue weighted by molar-refractivity contribution is 0.0670. The minimum Gasteiger partial charge on any atom is -0.496 e. The van der Waals surface area contributed by atoms with Crippen LogP contribution in [-0.2, 0) is 0 Å². The normalized spacial score (nSPS) is 23.3. The molecule has 104 valence electrons. The van der Waals surface area contributed by atoms with Gasteiger partial charge in [-0.05, 0) is 32.0 Å². The van der Waals surface area contributed by atoms with Crippen LogP contribution >= 0.6 is 0 Å². The van der Waals surface area contributed by atoms with E-state index in [1.807, 2.05) is 13.8 Å². The maximum atomic E-state index is 13.3. The van der Waals surface area contributed by atoms with Crippen molar-refractivity contribution in [2.24, 2.45) is 0 Å². The molecule has 5 heteroatoms.